The third-order valence-electron chi connectivity index (χ3n) is 1.75. The van der Waals surface area contributed by atoms with Gasteiger partial charge >= 0.3 is 0 Å². The molecule has 2 nitrogen and oxygen atoms in total. The van der Waals surface area contributed by atoms with Gasteiger partial charge in [-0.1, -0.05) is 24.6 Å². The fraction of sp³-hybridized carbons (Fsp3) is 0.300. The van der Waals surface area contributed by atoms with Crippen LogP contribution in [0.2, 0.25) is 5.02 Å². The highest BCUT2D eigenvalue weighted by molar-refractivity contribution is 6.31. The largest absolute Gasteiger partial charge is 0.326 e. The summed E-state index contributed by atoms with van der Waals surface area (Å²) in [5.41, 5.74) is 1.84. The minimum Gasteiger partial charge on any atom is -0.326 e. The topological polar surface area (TPSA) is 29.1 Å². The molecule has 0 aromatic heterocycles. The maximum absolute atomic E-state index is 10.7. The lowest BCUT2D eigenvalue weighted by atomic mass is 10.1. The normalized spacial score (nSPS) is 9.77. The van der Waals surface area contributed by atoms with Crippen LogP contribution in [0, 0.1) is 0 Å². The molecule has 0 spiro atoms. The highest BCUT2D eigenvalue weighted by Crippen LogP contribution is 2.21. The van der Waals surface area contributed by atoms with Crippen LogP contribution in [0.25, 0.3) is 0 Å². The van der Waals surface area contributed by atoms with Crippen molar-refractivity contribution in [3.63, 3.8) is 0 Å². The molecule has 1 aromatic carbocycles. The lowest BCUT2D eigenvalue weighted by Crippen LogP contribution is -2.05. The molecule has 0 radical (unpaired) electrons. The second-order valence-electron chi connectivity index (χ2n) is 2.84. The molecule has 13 heavy (non-hydrogen) atoms. The first-order valence-electron chi connectivity index (χ1n) is 4.19. The summed E-state index contributed by atoms with van der Waals surface area (Å²) in [5.74, 6) is -0.0830. The maximum Gasteiger partial charge on any atom is 0.221 e. The van der Waals surface area contributed by atoms with E-state index >= 15 is 0 Å². The summed E-state index contributed by atoms with van der Waals surface area (Å²) in [6, 6.07) is 5.54. The number of carbonyl (C=O) groups excluding carboxylic acids is 1. The SMILES string of the molecule is CCc1ccc(NC(C)=O)cc1Cl. The monoisotopic (exact) mass is 197 g/mol. The van der Waals surface area contributed by atoms with E-state index in [2.05, 4.69) is 5.32 Å². The number of hydrogen-bond acceptors (Lipinski definition) is 1. The van der Waals surface area contributed by atoms with Crippen LogP contribution in [0.15, 0.2) is 18.2 Å². The first kappa shape index (κ1) is 10.1. The fourth-order valence-electron chi connectivity index (χ4n) is 1.12. The number of aryl methyl sites for hydroxylation is 1. The summed E-state index contributed by atoms with van der Waals surface area (Å²) < 4.78 is 0. The summed E-state index contributed by atoms with van der Waals surface area (Å²) in [6.45, 7) is 3.51. The first-order chi connectivity index (χ1) is 6.13. The zero-order valence-corrected chi connectivity index (χ0v) is 8.48. The van der Waals surface area contributed by atoms with Crippen LogP contribution in [0.5, 0.6) is 0 Å². The molecule has 1 N–H and O–H groups in total. The molecule has 0 bridgehead atoms. The average Bonchev–Trinajstić information content (AvgIpc) is 2.03. The second kappa shape index (κ2) is 4.28. The standard InChI is InChI=1S/C10H12ClNO/c1-3-8-4-5-9(6-10(8)11)12-7(2)13/h4-6H,3H2,1-2H3,(H,12,13). The van der Waals surface area contributed by atoms with E-state index in [0.717, 1.165) is 17.7 Å². The van der Waals surface area contributed by atoms with Gasteiger partial charge in [0.25, 0.3) is 0 Å². The van der Waals surface area contributed by atoms with Crippen molar-refractivity contribution in [3.05, 3.63) is 28.8 Å². The van der Waals surface area contributed by atoms with Gasteiger partial charge in [0.05, 0.1) is 0 Å². The Balaban J connectivity index is 2.89. The zero-order chi connectivity index (χ0) is 9.84. The Labute approximate surface area is 82.9 Å². The third-order valence-corrected chi connectivity index (χ3v) is 2.11. The number of anilines is 1. The highest BCUT2D eigenvalue weighted by Gasteiger charge is 2.00. The maximum atomic E-state index is 10.7. The predicted octanol–water partition coefficient (Wildman–Crippen LogP) is 2.86. The molecule has 0 aliphatic carbocycles. The quantitative estimate of drug-likeness (QED) is 0.776. The molecule has 0 unspecified atom stereocenters. The van der Waals surface area contributed by atoms with E-state index in [1.54, 1.807) is 6.07 Å². The molecular weight excluding hydrogens is 186 g/mol. The van der Waals surface area contributed by atoms with E-state index < -0.39 is 0 Å². The first-order valence-corrected chi connectivity index (χ1v) is 4.57. The predicted molar refractivity (Wildman–Crippen MR) is 55.1 cm³/mol. The Morgan fingerprint density at radius 3 is 2.69 bits per heavy atom. The van der Waals surface area contributed by atoms with E-state index in [0.29, 0.717) is 5.02 Å². The van der Waals surface area contributed by atoms with Crippen LogP contribution < -0.4 is 5.32 Å². The molecule has 3 heteroatoms. The Morgan fingerprint density at radius 2 is 2.23 bits per heavy atom. The molecule has 0 atom stereocenters. The minimum atomic E-state index is -0.0830. The lowest BCUT2D eigenvalue weighted by molar-refractivity contribution is -0.114. The summed E-state index contributed by atoms with van der Waals surface area (Å²) in [7, 11) is 0. The van der Waals surface area contributed by atoms with E-state index in [1.165, 1.54) is 6.92 Å². The summed E-state index contributed by atoms with van der Waals surface area (Å²) in [6.07, 6.45) is 0.902. The van der Waals surface area contributed by atoms with Crippen molar-refractivity contribution >= 4 is 23.2 Å². The van der Waals surface area contributed by atoms with Crippen molar-refractivity contribution in [2.75, 3.05) is 5.32 Å². The van der Waals surface area contributed by atoms with Gasteiger partial charge in [0, 0.05) is 17.6 Å². The summed E-state index contributed by atoms with van der Waals surface area (Å²) in [4.78, 5) is 10.7. The van der Waals surface area contributed by atoms with Gasteiger partial charge in [-0.2, -0.15) is 0 Å². The number of rotatable bonds is 2. The van der Waals surface area contributed by atoms with Crippen molar-refractivity contribution in [2.24, 2.45) is 0 Å². The summed E-state index contributed by atoms with van der Waals surface area (Å²) >= 11 is 5.96. The smallest absolute Gasteiger partial charge is 0.221 e. The molecule has 70 valence electrons. The molecule has 0 aliphatic rings. The molecule has 0 saturated carbocycles. The van der Waals surface area contributed by atoms with E-state index in [4.69, 9.17) is 11.6 Å². The Morgan fingerprint density at radius 1 is 1.54 bits per heavy atom. The highest BCUT2D eigenvalue weighted by atomic mass is 35.5. The van der Waals surface area contributed by atoms with Gasteiger partial charge in [0.15, 0.2) is 0 Å². The minimum absolute atomic E-state index is 0.0830. The number of amides is 1. The Bertz CT molecular complexity index is 323. The van der Waals surface area contributed by atoms with Crippen LogP contribution in [-0.2, 0) is 11.2 Å². The van der Waals surface area contributed by atoms with Crippen molar-refractivity contribution in [3.8, 4) is 0 Å². The fourth-order valence-corrected chi connectivity index (χ4v) is 1.43. The average molecular weight is 198 g/mol. The van der Waals surface area contributed by atoms with Gasteiger partial charge < -0.3 is 5.32 Å². The molecule has 0 aliphatic heterocycles. The zero-order valence-electron chi connectivity index (χ0n) is 7.73. The van der Waals surface area contributed by atoms with E-state index in [1.807, 2.05) is 19.1 Å². The number of carbonyl (C=O) groups is 1. The Kier molecular flexibility index (Phi) is 3.32. The molecular formula is C10H12ClNO. The van der Waals surface area contributed by atoms with Crippen LogP contribution in [0.4, 0.5) is 5.69 Å². The van der Waals surface area contributed by atoms with Gasteiger partial charge in [-0.05, 0) is 24.1 Å². The Hall–Kier alpha value is -1.02. The molecule has 1 rings (SSSR count). The third kappa shape index (κ3) is 2.74. The second-order valence-corrected chi connectivity index (χ2v) is 3.25. The van der Waals surface area contributed by atoms with Crippen LogP contribution in [0.1, 0.15) is 19.4 Å². The van der Waals surface area contributed by atoms with Gasteiger partial charge in [-0.3, -0.25) is 4.79 Å². The molecule has 1 amide bonds. The van der Waals surface area contributed by atoms with Crippen LogP contribution in [-0.4, -0.2) is 5.91 Å². The van der Waals surface area contributed by atoms with E-state index in [-0.39, 0.29) is 5.91 Å². The van der Waals surface area contributed by atoms with Gasteiger partial charge in [-0.15, -0.1) is 0 Å². The molecule has 0 heterocycles. The van der Waals surface area contributed by atoms with Crippen LogP contribution >= 0.6 is 11.6 Å². The number of halogens is 1. The van der Waals surface area contributed by atoms with Crippen molar-refractivity contribution in [1.29, 1.82) is 0 Å². The van der Waals surface area contributed by atoms with Crippen molar-refractivity contribution in [1.82, 2.24) is 0 Å². The van der Waals surface area contributed by atoms with E-state index in [9.17, 15) is 4.79 Å². The number of nitrogens with one attached hydrogen (secondary N) is 1. The summed E-state index contributed by atoms with van der Waals surface area (Å²) in [5, 5.41) is 3.38. The molecule has 1 aromatic rings. The van der Waals surface area contributed by atoms with Crippen LogP contribution in [0.3, 0.4) is 0 Å². The molecule has 0 saturated heterocycles. The lowest BCUT2D eigenvalue weighted by Gasteiger charge is -2.05. The number of hydrogen-bond donors (Lipinski definition) is 1. The van der Waals surface area contributed by atoms with Gasteiger partial charge in [0.2, 0.25) is 5.91 Å². The number of benzene rings is 1. The molecule has 0 fully saturated rings. The van der Waals surface area contributed by atoms with Gasteiger partial charge in [0.1, 0.15) is 0 Å². The van der Waals surface area contributed by atoms with Crippen molar-refractivity contribution < 1.29 is 4.79 Å². The van der Waals surface area contributed by atoms with Gasteiger partial charge in [-0.25, -0.2) is 0 Å². The van der Waals surface area contributed by atoms with Crippen molar-refractivity contribution in [2.45, 2.75) is 20.3 Å².